The van der Waals surface area contributed by atoms with Crippen molar-refractivity contribution in [3.05, 3.63) is 47.3 Å². The minimum atomic E-state index is -0.513. The number of amides is 3. The van der Waals surface area contributed by atoms with Gasteiger partial charge in [-0.2, -0.15) is 0 Å². The van der Waals surface area contributed by atoms with E-state index in [4.69, 9.17) is 4.99 Å². The number of carbonyl (C=O) groups excluding carboxylic acids is 2. The first-order valence-electron chi connectivity index (χ1n) is 10.4. The average molecular weight is 411 g/mol. The van der Waals surface area contributed by atoms with Crippen molar-refractivity contribution in [2.24, 2.45) is 4.99 Å². The second kappa shape index (κ2) is 7.75. The van der Waals surface area contributed by atoms with Crippen LogP contribution in [-0.4, -0.2) is 88.8 Å². The Bertz CT molecular complexity index is 924. The van der Waals surface area contributed by atoms with E-state index in [2.05, 4.69) is 23.9 Å². The number of nitrogens with zero attached hydrogens (tertiary/aromatic N) is 6. The lowest BCUT2D eigenvalue weighted by Gasteiger charge is -2.40. The van der Waals surface area contributed by atoms with Gasteiger partial charge in [-0.25, -0.2) is 9.79 Å². The third-order valence-electron chi connectivity index (χ3n) is 6.08. The molecule has 8 nitrogen and oxygen atoms in total. The van der Waals surface area contributed by atoms with E-state index in [0.29, 0.717) is 0 Å². The summed E-state index contributed by atoms with van der Waals surface area (Å²) in [6.07, 6.45) is 2.49. The number of aryl methyl sites for hydroxylation is 1. The van der Waals surface area contributed by atoms with Crippen LogP contribution in [0.1, 0.15) is 24.5 Å². The Morgan fingerprint density at radius 2 is 1.83 bits per heavy atom. The van der Waals surface area contributed by atoms with E-state index in [9.17, 15) is 9.59 Å². The molecule has 0 saturated carbocycles. The van der Waals surface area contributed by atoms with Crippen LogP contribution in [0.25, 0.3) is 0 Å². The number of hydrogen-bond acceptors (Lipinski definition) is 6. The third-order valence-corrected chi connectivity index (χ3v) is 6.08. The molecule has 0 aromatic heterocycles. The quantitative estimate of drug-likeness (QED) is 0.717. The van der Waals surface area contributed by atoms with Crippen LogP contribution in [-0.2, 0) is 11.3 Å². The van der Waals surface area contributed by atoms with E-state index >= 15 is 0 Å². The van der Waals surface area contributed by atoms with Crippen LogP contribution in [0.2, 0.25) is 0 Å². The number of urea groups is 1. The van der Waals surface area contributed by atoms with Crippen molar-refractivity contribution in [1.29, 1.82) is 0 Å². The molecule has 0 N–H and O–H groups in total. The van der Waals surface area contributed by atoms with Crippen molar-refractivity contribution in [1.82, 2.24) is 24.5 Å². The van der Waals surface area contributed by atoms with E-state index in [1.807, 2.05) is 49.2 Å². The summed E-state index contributed by atoms with van der Waals surface area (Å²) in [5, 5.41) is 0. The fraction of sp³-hybridized carbons (Fsp3) is 0.500. The van der Waals surface area contributed by atoms with Crippen molar-refractivity contribution < 1.29 is 9.59 Å². The summed E-state index contributed by atoms with van der Waals surface area (Å²) in [5.74, 6) is 0.580. The number of aliphatic imine (C=N–C) groups is 1. The molecule has 160 valence electrons. The van der Waals surface area contributed by atoms with Crippen LogP contribution in [0.5, 0.6) is 0 Å². The first kappa shape index (κ1) is 20.4. The summed E-state index contributed by atoms with van der Waals surface area (Å²) in [7, 11) is 5.85. The van der Waals surface area contributed by atoms with Crippen LogP contribution in [0.4, 0.5) is 4.79 Å². The second-order valence-corrected chi connectivity index (χ2v) is 8.52. The van der Waals surface area contributed by atoms with E-state index < -0.39 is 12.2 Å². The molecule has 3 heterocycles. The molecular formula is C22H30N6O2. The topological polar surface area (TPSA) is 62.7 Å². The molecule has 1 aromatic rings. The monoisotopic (exact) mass is 410 g/mol. The Hall–Kier alpha value is -2.87. The highest BCUT2D eigenvalue weighted by molar-refractivity contribution is 6.04. The summed E-state index contributed by atoms with van der Waals surface area (Å²) in [5.41, 5.74) is 3.11. The fourth-order valence-corrected chi connectivity index (χ4v) is 4.33. The SMILES string of the molecule is CC1=CN2C(=NC3C2C(=O)N(Cc2ccccc2C)C(=O)N3C)N1CCCN(C)C. The van der Waals surface area contributed by atoms with Crippen molar-refractivity contribution in [3.63, 3.8) is 0 Å². The number of benzene rings is 1. The van der Waals surface area contributed by atoms with Crippen LogP contribution in [0.15, 0.2) is 41.2 Å². The molecule has 1 fully saturated rings. The Labute approximate surface area is 178 Å². The van der Waals surface area contributed by atoms with E-state index in [0.717, 1.165) is 42.3 Å². The molecule has 2 atom stereocenters. The Morgan fingerprint density at radius 1 is 1.10 bits per heavy atom. The normalized spacial score (nSPS) is 23.3. The van der Waals surface area contributed by atoms with Gasteiger partial charge in [0.05, 0.1) is 6.54 Å². The summed E-state index contributed by atoms with van der Waals surface area (Å²) in [6, 6.07) is 7.04. The minimum Gasteiger partial charge on any atom is -0.315 e. The summed E-state index contributed by atoms with van der Waals surface area (Å²) >= 11 is 0. The molecule has 30 heavy (non-hydrogen) atoms. The zero-order valence-corrected chi connectivity index (χ0v) is 18.4. The molecule has 0 spiro atoms. The van der Waals surface area contributed by atoms with Gasteiger partial charge >= 0.3 is 6.03 Å². The minimum absolute atomic E-state index is 0.190. The van der Waals surface area contributed by atoms with Crippen LogP contribution in [0, 0.1) is 6.92 Å². The van der Waals surface area contributed by atoms with E-state index in [1.54, 1.807) is 11.9 Å². The van der Waals surface area contributed by atoms with Gasteiger partial charge in [-0.15, -0.1) is 0 Å². The number of fused-ring (bicyclic) bond motifs is 3. The van der Waals surface area contributed by atoms with Gasteiger partial charge in [0.25, 0.3) is 5.91 Å². The molecule has 8 heteroatoms. The van der Waals surface area contributed by atoms with Gasteiger partial charge in [-0.05, 0) is 52.0 Å². The van der Waals surface area contributed by atoms with Crippen LogP contribution in [0.3, 0.4) is 0 Å². The maximum Gasteiger partial charge on any atom is 0.328 e. The highest BCUT2D eigenvalue weighted by atomic mass is 16.2. The molecular weight excluding hydrogens is 380 g/mol. The first-order chi connectivity index (χ1) is 14.3. The molecule has 3 amide bonds. The summed E-state index contributed by atoms with van der Waals surface area (Å²) in [4.78, 5) is 40.5. The number of guanidine groups is 1. The molecule has 1 aromatic carbocycles. The Balaban J connectivity index is 1.57. The zero-order valence-electron chi connectivity index (χ0n) is 18.4. The molecule has 0 aliphatic carbocycles. The lowest BCUT2D eigenvalue weighted by atomic mass is 10.1. The largest absolute Gasteiger partial charge is 0.328 e. The molecule has 3 aliphatic heterocycles. The maximum atomic E-state index is 13.4. The number of rotatable bonds is 6. The maximum absolute atomic E-state index is 13.4. The average Bonchev–Trinajstić information content (AvgIpc) is 3.20. The molecule has 0 radical (unpaired) electrons. The molecule has 4 rings (SSSR count). The smallest absolute Gasteiger partial charge is 0.315 e. The molecule has 1 saturated heterocycles. The van der Waals surface area contributed by atoms with Gasteiger partial charge in [0.15, 0.2) is 12.2 Å². The van der Waals surface area contributed by atoms with E-state index in [1.165, 1.54) is 4.90 Å². The van der Waals surface area contributed by atoms with Gasteiger partial charge in [-0.1, -0.05) is 24.3 Å². The summed E-state index contributed by atoms with van der Waals surface area (Å²) < 4.78 is 0. The number of likely N-dealkylation sites (N-methyl/N-ethyl adjacent to an activating group) is 1. The zero-order chi connectivity index (χ0) is 21.6. The van der Waals surface area contributed by atoms with Gasteiger partial charge in [0.2, 0.25) is 5.96 Å². The van der Waals surface area contributed by atoms with Crippen molar-refractivity contribution in [2.75, 3.05) is 34.2 Å². The van der Waals surface area contributed by atoms with Gasteiger partial charge < -0.3 is 19.6 Å². The van der Waals surface area contributed by atoms with Gasteiger partial charge in [0, 0.05) is 25.5 Å². The Kier molecular flexibility index (Phi) is 5.27. The number of carbonyl (C=O) groups is 2. The second-order valence-electron chi connectivity index (χ2n) is 8.52. The predicted molar refractivity (Wildman–Crippen MR) is 115 cm³/mol. The molecule has 2 unspecified atom stereocenters. The Morgan fingerprint density at radius 3 is 2.53 bits per heavy atom. The standard InChI is InChI=1S/C22H30N6O2/c1-15-9-6-7-10-17(15)14-28-20(29)18-19(25(5)22(28)30)23-21-26(12-8-11-24(3)4)16(2)13-27(18)21/h6-7,9-10,13,18-19H,8,11-12,14H2,1-5H3. The van der Waals surface area contributed by atoms with Gasteiger partial charge in [-0.3, -0.25) is 9.69 Å². The first-order valence-corrected chi connectivity index (χ1v) is 10.4. The number of allylic oxidation sites excluding steroid dienone is 1. The molecule has 0 bridgehead atoms. The van der Waals surface area contributed by atoms with Crippen LogP contribution >= 0.6 is 0 Å². The fourth-order valence-electron chi connectivity index (χ4n) is 4.33. The highest BCUT2D eigenvalue weighted by Crippen LogP contribution is 2.34. The van der Waals surface area contributed by atoms with Crippen molar-refractivity contribution >= 4 is 17.9 Å². The number of hydrogen-bond donors (Lipinski definition) is 0. The highest BCUT2D eigenvalue weighted by Gasteiger charge is 2.54. The lowest BCUT2D eigenvalue weighted by Crippen LogP contribution is -2.63. The van der Waals surface area contributed by atoms with E-state index in [-0.39, 0.29) is 18.5 Å². The summed E-state index contributed by atoms with van der Waals surface area (Å²) in [6.45, 7) is 6.12. The number of imide groups is 1. The van der Waals surface area contributed by atoms with Crippen LogP contribution < -0.4 is 0 Å². The lowest BCUT2D eigenvalue weighted by molar-refractivity contribution is -0.137. The third kappa shape index (κ3) is 3.35. The van der Waals surface area contributed by atoms with Crippen molar-refractivity contribution in [2.45, 2.75) is 39.0 Å². The van der Waals surface area contributed by atoms with Crippen molar-refractivity contribution in [3.8, 4) is 0 Å². The van der Waals surface area contributed by atoms with Gasteiger partial charge in [0.1, 0.15) is 0 Å². The predicted octanol–water partition coefficient (Wildman–Crippen LogP) is 1.88. The molecule has 3 aliphatic rings.